The molecule has 0 spiro atoms. The van der Waals surface area contributed by atoms with Gasteiger partial charge in [-0.2, -0.15) is 5.10 Å². The number of pyridine rings is 1. The molecule has 0 amide bonds. The monoisotopic (exact) mass is 439 g/mol. The molecule has 1 N–H and O–H groups in total. The van der Waals surface area contributed by atoms with Crippen LogP contribution in [0.5, 0.6) is 5.75 Å². The van der Waals surface area contributed by atoms with Crippen LogP contribution in [0, 0.1) is 5.82 Å². The Hall–Kier alpha value is -3.59. The number of hydrogen-bond acceptors (Lipinski definition) is 6. The van der Waals surface area contributed by atoms with Gasteiger partial charge in [-0.25, -0.2) is 17.8 Å². The number of carbonyl (C=O) groups is 1. The average Bonchev–Trinajstić information content (AvgIpc) is 3.25. The van der Waals surface area contributed by atoms with Gasteiger partial charge in [0.05, 0.1) is 23.1 Å². The molecule has 7 nitrogen and oxygen atoms in total. The van der Waals surface area contributed by atoms with Gasteiger partial charge in [0.2, 0.25) is 9.84 Å². The third-order valence-corrected chi connectivity index (χ3v) is 6.69. The van der Waals surface area contributed by atoms with E-state index in [1.54, 1.807) is 24.4 Å². The maximum atomic E-state index is 13.9. The number of carbonyl (C=O) groups excluding carboxylic acids is 1. The van der Waals surface area contributed by atoms with Crippen molar-refractivity contribution in [3.63, 3.8) is 0 Å². The second-order valence-electron chi connectivity index (χ2n) is 6.90. The number of ether oxygens (including phenoxy) is 1. The largest absolute Gasteiger partial charge is 0.494 e. The third kappa shape index (κ3) is 4.17. The second-order valence-corrected chi connectivity index (χ2v) is 8.85. The number of halogens is 1. The molecule has 0 saturated heterocycles. The normalized spacial score (nSPS) is 11.5. The number of methoxy groups -OCH3 is 1. The van der Waals surface area contributed by atoms with Crippen molar-refractivity contribution in [1.82, 2.24) is 15.2 Å². The maximum Gasteiger partial charge on any atom is 0.206 e. The minimum atomic E-state index is -3.87. The van der Waals surface area contributed by atoms with Crippen molar-refractivity contribution >= 4 is 26.7 Å². The summed E-state index contributed by atoms with van der Waals surface area (Å²) in [5, 5.41) is 7.38. The molecule has 0 aliphatic heterocycles. The van der Waals surface area contributed by atoms with Gasteiger partial charge in [-0.1, -0.05) is 12.1 Å². The zero-order chi connectivity index (χ0) is 22.0. The highest BCUT2D eigenvalue weighted by Gasteiger charge is 2.19. The summed E-state index contributed by atoms with van der Waals surface area (Å²) in [6, 6.07) is 11.5. The van der Waals surface area contributed by atoms with Crippen molar-refractivity contribution in [3.05, 3.63) is 77.9 Å². The molecule has 0 aliphatic carbocycles. The van der Waals surface area contributed by atoms with Gasteiger partial charge in [-0.15, -0.1) is 0 Å². The molecule has 4 aromatic rings. The number of nitrogens with one attached hydrogen (secondary N) is 1. The van der Waals surface area contributed by atoms with E-state index in [0.717, 1.165) is 17.0 Å². The fraction of sp³-hybridized carbons (Fsp3) is 0.136. The molecule has 2 aromatic carbocycles. The van der Waals surface area contributed by atoms with Gasteiger partial charge in [0.25, 0.3) is 0 Å². The van der Waals surface area contributed by atoms with Gasteiger partial charge in [0, 0.05) is 23.6 Å². The molecular weight excluding hydrogens is 421 g/mol. The predicted octanol–water partition coefficient (Wildman–Crippen LogP) is 3.75. The summed E-state index contributed by atoms with van der Waals surface area (Å²) < 4.78 is 44.3. The van der Waals surface area contributed by atoms with Gasteiger partial charge in [0.15, 0.2) is 23.0 Å². The second kappa shape index (κ2) is 8.27. The number of nitrogens with zero attached hydrogens (tertiary/aromatic N) is 2. The highest BCUT2D eigenvalue weighted by Crippen LogP contribution is 2.26. The van der Waals surface area contributed by atoms with E-state index in [9.17, 15) is 17.6 Å². The average molecular weight is 439 g/mol. The van der Waals surface area contributed by atoms with Crippen LogP contribution in [0.25, 0.3) is 11.0 Å². The summed E-state index contributed by atoms with van der Waals surface area (Å²) in [6.45, 7) is 0. The first-order valence-electron chi connectivity index (χ1n) is 9.38. The molecule has 0 unspecified atom stereocenters. The number of aryl methyl sites for hydroxylation is 1. The van der Waals surface area contributed by atoms with Crippen LogP contribution in [0.2, 0.25) is 0 Å². The Balaban J connectivity index is 1.46. The maximum absolute atomic E-state index is 13.9. The summed E-state index contributed by atoms with van der Waals surface area (Å²) in [7, 11) is -2.56. The van der Waals surface area contributed by atoms with Crippen molar-refractivity contribution in [2.75, 3.05) is 7.11 Å². The highest BCUT2D eigenvalue weighted by atomic mass is 32.2. The number of Topliss-reactive ketones (excluding diaryl/α,β-unsaturated/α-hetero) is 1. The Morgan fingerprint density at radius 2 is 1.81 bits per heavy atom. The number of hydrogen-bond donors (Lipinski definition) is 1. The quantitative estimate of drug-likeness (QED) is 0.440. The third-order valence-electron chi connectivity index (χ3n) is 4.92. The lowest BCUT2D eigenvalue weighted by molar-refractivity contribution is 0.0982. The Morgan fingerprint density at radius 3 is 2.52 bits per heavy atom. The van der Waals surface area contributed by atoms with E-state index in [2.05, 4.69) is 15.2 Å². The number of aromatic nitrogens is 3. The smallest absolute Gasteiger partial charge is 0.206 e. The molecule has 0 saturated carbocycles. The fourth-order valence-corrected chi connectivity index (χ4v) is 4.45. The molecule has 0 bridgehead atoms. The van der Waals surface area contributed by atoms with Crippen LogP contribution >= 0.6 is 0 Å². The van der Waals surface area contributed by atoms with E-state index in [1.165, 1.54) is 37.6 Å². The van der Waals surface area contributed by atoms with Crippen LogP contribution in [0.3, 0.4) is 0 Å². The lowest BCUT2D eigenvalue weighted by atomic mass is 10.0. The van der Waals surface area contributed by atoms with Gasteiger partial charge in [-0.3, -0.25) is 9.89 Å². The first-order chi connectivity index (χ1) is 14.9. The van der Waals surface area contributed by atoms with Crippen molar-refractivity contribution in [1.29, 1.82) is 0 Å². The molecule has 0 aliphatic rings. The van der Waals surface area contributed by atoms with Crippen LogP contribution < -0.4 is 4.74 Å². The van der Waals surface area contributed by atoms with Crippen LogP contribution in [0.15, 0.2) is 70.7 Å². The first kappa shape index (κ1) is 20.7. The van der Waals surface area contributed by atoms with Crippen molar-refractivity contribution in [2.45, 2.75) is 22.6 Å². The molecular formula is C22H18FN3O4S. The molecule has 158 valence electrons. The molecule has 2 aromatic heterocycles. The number of rotatable bonds is 7. The summed E-state index contributed by atoms with van der Waals surface area (Å²) >= 11 is 0. The molecule has 0 atom stereocenters. The van der Waals surface area contributed by atoms with Crippen LogP contribution in [0.4, 0.5) is 4.39 Å². The molecule has 4 rings (SSSR count). The van der Waals surface area contributed by atoms with Gasteiger partial charge < -0.3 is 4.74 Å². The van der Waals surface area contributed by atoms with E-state index in [4.69, 9.17) is 4.74 Å². The zero-order valence-electron chi connectivity index (χ0n) is 16.5. The van der Waals surface area contributed by atoms with Crippen LogP contribution in [0.1, 0.15) is 22.3 Å². The van der Waals surface area contributed by atoms with E-state index in [0.29, 0.717) is 17.6 Å². The number of fused-ring (bicyclic) bond motifs is 1. The van der Waals surface area contributed by atoms with Crippen LogP contribution in [-0.4, -0.2) is 36.5 Å². The van der Waals surface area contributed by atoms with E-state index in [1.807, 2.05) is 0 Å². The summed E-state index contributed by atoms with van der Waals surface area (Å²) in [5.74, 6) is -0.844. The Labute approximate surface area is 177 Å². The molecule has 31 heavy (non-hydrogen) atoms. The molecule has 2 heterocycles. The summed E-state index contributed by atoms with van der Waals surface area (Å²) in [4.78, 5) is 16.5. The molecule has 0 fully saturated rings. The van der Waals surface area contributed by atoms with Crippen LogP contribution in [-0.2, 0) is 16.3 Å². The van der Waals surface area contributed by atoms with Crippen molar-refractivity contribution in [2.24, 2.45) is 0 Å². The number of H-pyrrole nitrogens is 1. The van der Waals surface area contributed by atoms with E-state index in [-0.39, 0.29) is 27.7 Å². The molecule has 9 heteroatoms. The SMILES string of the molecule is COc1ccc(S(=O)(=O)c2ccc(CCC(=O)c3cnc4[nH]ncc4c3)cc2)cc1F. The Bertz CT molecular complexity index is 1370. The lowest BCUT2D eigenvalue weighted by Gasteiger charge is -2.08. The van der Waals surface area contributed by atoms with Gasteiger partial charge >= 0.3 is 0 Å². The first-order valence-corrected chi connectivity index (χ1v) is 10.9. The zero-order valence-corrected chi connectivity index (χ0v) is 17.3. The number of benzene rings is 2. The van der Waals surface area contributed by atoms with Gasteiger partial charge in [0.1, 0.15) is 0 Å². The van der Waals surface area contributed by atoms with Gasteiger partial charge in [-0.05, 0) is 48.4 Å². The number of ketones is 1. The minimum absolute atomic E-state index is 0.0268. The van der Waals surface area contributed by atoms with Crippen molar-refractivity contribution in [3.8, 4) is 5.75 Å². The fourth-order valence-electron chi connectivity index (χ4n) is 3.18. The topological polar surface area (TPSA) is 102 Å². The Morgan fingerprint density at radius 1 is 1.06 bits per heavy atom. The predicted molar refractivity (Wildman–Crippen MR) is 111 cm³/mol. The molecule has 0 radical (unpaired) electrons. The Kier molecular flexibility index (Phi) is 5.51. The highest BCUT2D eigenvalue weighted by molar-refractivity contribution is 7.91. The summed E-state index contributed by atoms with van der Waals surface area (Å²) in [6.07, 6.45) is 3.81. The number of sulfone groups is 1. The lowest BCUT2D eigenvalue weighted by Crippen LogP contribution is -2.04. The summed E-state index contributed by atoms with van der Waals surface area (Å²) in [5.41, 5.74) is 1.92. The van der Waals surface area contributed by atoms with E-state index < -0.39 is 15.7 Å². The van der Waals surface area contributed by atoms with E-state index >= 15 is 0 Å². The number of aromatic amines is 1. The van der Waals surface area contributed by atoms with Crippen molar-refractivity contribution < 1.29 is 22.3 Å². The minimum Gasteiger partial charge on any atom is -0.494 e. The standard InChI is InChI=1S/C22H18FN3O4S/c1-30-21-9-7-18(11-19(21)23)31(28,29)17-5-2-14(3-6-17)4-8-20(27)15-10-16-13-25-26-22(16)24-12-15/h2-3,5-7,9-13H,4,8H2,1H3,(H,24,25,26).